The summed E-state index contributed by atoms with van der Waals surface area (Å²) in [4.78, 5) is 28.7. The summed E-state index contributed by atoms with van der Waals surface area (Å²) >= 11 is 0. The molecule has 2 heterocycles. The van der Waals surface area contributed by atoms with Gasteiger partial charge in [0.25, 0.3) is 5.91 Å². The summed E-state index contributed by atoms with van der Waals surface area (Å²) in [6, 6.07) is 8.09. The molecule has 2 amide bonds. The number of piperazine rings is 1. The fraction of sp³-hybridized carbons (Fsp3) is 0.619. The molecule has 2 atom stereocenters. The zero-order valence-corrected chi connectivity index (χ0v) is 16.4. The average molecular weight is 373 g/mol. The second kappa shape index (κ2) is 9.22. The molecule has 0 saturated carbocycles. The smallest absolute Gasteiger partial charge is 0.260 e. The molecule has 1 N–H and O–H groups in total. The zero-order valence-electron chi connectivity index (χ0n) is 16.4. The lowest BCUT2D eigenvalue weighted by atomic mass is 9.98. The topological polar surface area (TPSA) is 61.9 Å². The molecule has 3 rings (SSSR count). The summed E-state index contributed by atoms with van der Waals surface area (Å²) in [7, 11) is 0. The Kier molecular flexibility index (Phi) is 6.72. The maximum absolute atomic E-state index is 12.7. The van der Waals surface area contributed by atoms with Gasteiger partial charge in [-0.2, -0.15) is 0 Å². The summed E-state index contributed by atoms with van der Waals surface area (Å²) in [5.74, 6) is 1.33. The molecule has 0 bridgehead atoms. The Morgan fingerprint density at radius 3 is 2.93 bits per heavy atom. The van der Waals surface area contributed by atoms with Crippen LogP contribution < -0.4 is 10.1 Å². The van der Waals surface area contributed by atoms with E-state index in [-0.39, 0.29) is 24.5 Å². The molecule has 2 saturated heterocycles. The minimum atomic E-state index is 0.00115. The quantitative estimate of drug-likeness (QED) is 0.829. The van der Waals surface area contributed by atoms with Crippen molar-refractivity contribution >= 4 is 11.8 Å². The van der Waals surface area contributed by atoms with Crippen LogP contribution in [0, 0.1) is 0 Å². The molecule has 0 radical (unpaired) electrons. The van der Waals surface area contributed by atoms with Crippen molar-refractivity contribution in [3.63, 3.8) is 0 Å². The molecular weight excluding hydrogens is 342 g/mol. The summed E-state index contributed by atoms with van der Waals surface area (Å²) < 4.78 is 5.90. The molecule has 6 heteroatoms. The van der Waals surface area contributed by atoms with Crippen LogP contribution in [0.4, 0.5) is 0 Å². The number of carbonyl (C=O) groups is 2. The Morgan fingerprint density at radius 1 is 1.33 bits per heavy atom. The van der Waals surface area contributed by atoms with Crippen LogP contribution in [0.5, 0.6) is 5.75 Å². The van der Waals surface area contributed by atoms with Gasteiger partial charge in [0.1, 0.15) is 5.75 Å². The van der Waals surface area contributed by atoms with Crippen LogP contribution in [0.3, 0.4) is 0 Å². The number of benzene rings is 1. The molecule has 1 aromatic rings. The predicted molar refractivity (Wildman–Crippen MR) is 105 cm³/mol. The maximum Gasteiger partial charge on any atom is 0.260 e. The van der Waals surface area contributed by atoms with E-state index in [2.05, 4.69) is 25.2 Å². The van der Waals surface area contributed by atoms with Gasteiger partial charge in [-0.25, -0.2) is 0 Å². The largest absolute Gasteiger partial charge is 0.483 e. The van der Waals surface area contributed by atoms with E-state index >= 15 is 0 Å². The monoisotopic (exact) mass is 373 g/mol. The van der Waals surface area contributed by atoms with Gasteiger partial charge in [-0.15, -0.1) is 0 Å². The second-order valence-corrected chi connectivity index (χ2v) is 7.54. The molecule has 2 unspecified atom stereocenters. The first-order valence-corrected chi connectivity index (χ1v) is 10.1. The second-order valence-electron chi connectivity index (χ2n) is 7.54. The lowest BCUT2D eigenvalue weighted by Gasteiger charge is -2.41. The van der Waals surface area contributed by atoms with E-state index in [1.165, 1.54) is 0 Å². The highest BCUT2D eigenvalue weighted by Gasteiger charge is 2.31. The van der Waals surface area contributed by atoms with Gasteiger partial charge in [-0.1, -0.05) is 32.0 Å². The average Bonchev–Trinajstić information content (AvgIpc) is 2.72. The van der Waals surface area contributed by atoms with Crippen LogP contribution in [-0.2, 0) is 9.59 Å². The molecular formula is C21H31N3O3. The highest BCUT2D eigenvalue weighted by Crippen LogP contribution is 2.28. The Balaban J connectivity index is 1.57. The predicted octanol–water partition coefficient (Wildman–Crippen LogP) is 2.00. The van der Waals surface area contributed by atoms with Crippen LogP contribution in [0.15, 0.2) is 24.3 Å². The van der Waals surface area contributed by atoms with E-state index < -0.39 is 0 Å². The molecule has 2 fully saturated rings. The first-order valence-electron chi connectivity index (χ1n) is 10.1. The number of nitrogens with zero attached hydrogens (tertiary/aromatic N) is 2. The van der Waals surface area contributed by atoms with Gasteiger partial charge in [-0.05, 0) is 36.8 Å². The van der Waals surface area contributed by atoms with Crippen LogP contribution in [-0.4, -0.2) is 67.0 Å². The summed E-state index contributed by atoms with van der Waals surface area (Å²) in [6.07, 6.45) is 2.92. The van der Waals surface area contributed by atoms with Gasteiger partial charge in [0.15, 0.2) is 6.61 Å². The first-order chi connectivity index (χ1) is 13.1. The van der Waals surface area contributed by atoms with Crippen molar-refractivity contribution in [2.24, 2.45) is 0 Å². The molecule has 2 aliphatic heterocycles. The van der Waals surface area contributed by atoms with Crippen molar-refractivity contribution in [3.05, 3.63) is 29.8 Å². The van der Waals surface area contributed by atoms with E-state index in [1.807, 2.05) is 28.0 Å². The van der Waals surface area contributed by atoms with E-state index in [9.17, 15) is 9.59 Å². The fourth-order valence-corrected chi connectivity index (χ4v) is 3.91. The Bertz CT molecular complexity index is 664. The van der Waals surface area contributed by atoms with E-state index in [0.717, 1.165) is 50.2 Å². The van der Waals surface area contributed by atoms with E-state index in [4.69, 9.17) is 4.74 Å². The Morgan fingerprint density at radius 2 is 2.15 bits per heavy atom. The van der Waals surface area contributed by atoms with Crippen LogP contribution in [0.25, 0.3) is 0 Å². The number of carbonyl (C=O) groups excluding carboxylic acids is 2. The molecule has 0 spiro atoms. The SMILES string of the molecule is CCC(C)c1ccccc1OCC(=O)N1CCCC(N2CCNCC2=O)C1. The Hall–Kier alpha value is -2.08. The standard InChI is InChI=1S/C21H31N3O3/c1-3-16(2)18-8-4-5-9-19(18)27-15-21(26)23-11-6-7-17(14-23)24-12-10-22-13-20(24)25/h4-5,8-9,16-17,22H,3,6-7,10-15H2,1-2H3. The van der Waals surface area contributed by atoms with Gasteiger partial charge < -0.3 is 19.9 Å². The van der Waals surface area contributed by atoms with Crippen LogP contribution >= 0.6 is 0 Å². The van der Waals surface area contributed by atoms with Crippen molar-refractivity contribution < 1.29 is 14.3 Å². The number of para-hydroxylation sites is 1. The first kappa shape index (κ1) is 19.7. The van der Waals surface area contributed by atoms with Gasteiger partial charge in [-0.3, -0.25) is 9.59 Å². The number of rotatable bonds is 6. The number of nitrogens with one attached hydrogen (secondary N) is 1. The lowest BCUT2D eigenvalue weighted by molar-refractivity contribution is -0.141. The normalized spacial score (nSPS) is 21.9. The number of hydrogen-bond acceptors (Lipinski definition) is 4. The van der Waals surface area contributed by atoms with Gasteiger partial charge in [0.2, 0.25) is 5.91 Å². The van der Waals surface area contributed by atoms with Gasteiger partial charge in [0, 0.05) is 32.2 Å². The van der Waals surface area contributed by atoms with Crippen molar-refractivity contribution in [2.45, 2.75) is 45.1 Å². The van der Waals surface area contributed by atoms with Crippen molar-refractivity contribution in [2.75, 3.05) is 39.3 Å². The van der Waals surface area contributed by atoms with E-state index in [0.29, 0.717) is 19.0 Å². The maximum atomic E-state index is 12.7. The Labute approximate surface area is 161 Å². The van der Waals surface area contributed by atoms with Crippen molar-refractivity contribution in [1.29, 1.82) is 0 Å². The molecule has 6 nitrogen and oxygen atoms in total. The molecule has 0 aliphatic carbocycles. The minimum Gasteiger partial charge on any atom is -0.483 e. The van der Waals surface area contributed by atoms with Gasteiger partial charge in [0.05, 0.1) is 6.54 Å². The molecule has 2 aliphatic rings. The van der Waals surface area contributed by atoms with Crippen LogP contribution in [0.1, 0.15) is 44.6 Å². The number of hydrogen-bond donors (Lipinski definition) is 1. The number of amides is 2. The number of ether oxygens (including phenoxy) is 1. The summed E-state index contributed by atoms with van der Waals surface area (Å²) in [6.45, 7) is 7.68. The highest BCUT2D eigenvalue weighted by molar-refractivity contribution is 5.80. The number of piperidine rings is 1. The third-order valence-electron chi connectivity index (χ3n) is 5.73. The van der Waals surface area contributed by atoms with Crippen molar-refractivity contribution in [3.8, 4) is 5.75 Å². The molecule has 27 heavy (non-hydrogen) atoms. The molecule has 0 aromatic heterocycles. The molecule has 1 aromatic carbocycles. The third kappa shape index (κ3) is 4.80. The van der Waals surface area contributed by atoms with Gasteiger partial charge >= 0.3 is 0 Å². The molecule has 148 valence electrons. The minimum absolute atomic E-state index is 0.00115. The number of likely N-dealkylation sites (tertiary alicyclic amines) is 1. The summed E-state index contributed by atoms with van der Waals surface area (Å²) in [5, 5.41) is 3.10. The van der Waals surface area contributed by atoms with E-state index in [1.54, 1.807) is 0 Å². The van der Waals surface area contributed by atoms with Crippen LogP contribution in [0.2, 0.25) is 0 Å². The van der Waals surface area contributed by atoms with Crippen molar-refractivity contribution in [1.82, 2.24) is 15.1 Å². The summed E-state index contributed by atoms with van der Waals surface area (Å²) in [5.41, 5.74) is 1.15. The third-order valence-corrected chi connectivity index (χ3v) is 5.73. The fourth-order valence-electron chi connectivity index (χ4n) is 3.91. The zero-order chi connectivity index (χ0) is 19.2. The highest BCUT2D eigenvalue weighted by atomic mass is 16.5. The lowest BCUT2D eigenvalue weighted by Crippen LogP contribution is -2.57.